The molecule has 2 aromatic carbocycles. The van der Waals surface area contributed by atoms with Gasteiger partial charge >= 0.3 is 5.97 Å². The molecule has 0 bridgehead atoms. The third-order valence-corrected chi connectivity index (χ3v) is 4.52. The fourth-order valence-corrected chi connectivity index (χ4v) is 2.97. The minimum absolute atomic E-state index is 0.121. The first-order valence-corrected chi connectivity index (χ1v) is 8.54. The van der Waals surface area contributed by atoms with Gasteiger partial charge in [0.2, 0.25) is 0 Å². The zero-order valence-electron chi connectivity index (χ0n) is 14.1. The van der Waals surface area contributed by atoms with Crippen molar-refractivity contribution in [3.05, 3.63) is 70.4 Å². The predicted molar refractivity (Wildman–Crippen MR) is 97.4 cm³/mol. The number of aryl methyl sites for hydroxylation is 2. The molecule has 0 amide bonds. The first-order valence-electron chi connectivity index (χ1n) is 7.72. The molecule has 1 heterocycles. The number of phenolic OH excluding ortho intramolecular Hbond substituents is 1. The number of hydrogen-bond donors (Lipinski definition) is 1. The molecule has 0 saturated carbocycles. The highest BCUT2D eigenvalue weighted by atomic mass is 32.1. The molecule has 3 aromatic rings. The van der Waals surface area contributed by atoms with Crippen molar-refractivity contribution in [3.8, 4) is 11.5 Å². The number of halogens is 1. The maximum atomic E-state index is 13.5. The van der Waals surface area contributed by atoms with Crippen LogP contribution in [0.1, 0.15) is 20.8 Å². The number of azo groups is 1. The van der Waals surface area contributed by atoms with E-state index in [0.29, 0.717) is 26.7 Å². The molecule has 0 spiro atoms. The highest BCUT2D eigenvalue weighted by molar-refractivity contribution is 7.17. The van der Waals surface area contributed by atoms with Gasteiger partial charge in [0.25, 0.3) is 0 Å². The molecule has 1 N–H and O–H groups in total. The van der Waals surface area contributed by atoms with E-state index in [9.17, 15) is 14.3 Å². The average Bonchev–Trinajstić information content (AvgIpc) is 3.09. The number of hydrogen-bond acceptors (Lipinski definition) is 6. The van der Waals surface area contributed by atoms with Gasteiger partial charge in [-0.3, -0.25) is 0 Å². The molecule has 0 unspecified atom stereocenters. The van der Waals surface area contributed by atoms with E-state index in [-0.39, 0.29) is 11.5 Å². The molecule has 1 aromatic heterocycles. The lowest BCUT2D eigenvalue weighted by molar-refractivity contribution is 0.0733. The van der Waals surface area contributed by atoms with Crippen LogP contribution in [0.5, 0.6) is 11.5 Å². The smallest absolute Gasteiger partial charge is 0.353 e. The fraction of sp³-hybridized carbons (Fsp3) is 0.105. The second kappa shape index (κ2) is 7.45. The minimum atomic E-state index is -0.655. The first kappa shape index (κ1) is 17.8. The van der Waals surface area contributed by atoms with E-state index in [0.717, 1.165) is 11.3 Å². The summed E-state index contributed by atoms with van der Waals surface area (Å²) in [6.07, 6.45) is 0. The summed E-state index contributed by atoms with van der Waals surface area (Å²) in [6, 6.07) is 12.3. The summed E-state index contributed by atoms with van der Waals surface area (Å²) in [7, 11) is 0. The maximum absolute atomic E-state index is 13.5. The van der Waals surface area contributed by atoms with Crippen LogP contribution in [-0.2, 0) is 0 Å². The molecule has 3 rings (SSSR count). The topological polar surface area (TPSA) is 71.2 Å². The van der Waals surface area contributed by atoms with Gasteiger partial charge in [-0.1, -0.05) is 12.1 Å². The second-order valence-corrected chi connectivity index (χ2v) is 6.65. The molecule has 0 aliphatic rings. The Morgan fingerprint density at radius 3 is 2.46 bits per heavy atom. The van der Waals surface area contributed by atoms with Crippen molar-refractivity contribution in [3.63, 3.8) is 0 Å². The van der Waals surface area contributed by atoms with Gasteiger partial charge in [0, 0.05) is 0 Å². The summed E-state index contributed by atoms with van der Waals surface area (Å²) in [6.45, 7) is 3.56. The van der Waals surface area contributed by atoms with Crippen molar-refractivity contribution in [2.45, 2.75) is 13.8 Å². The Balaban J connectivity index is 1.73. The highest BCUT2D eigenvalue weighted by Gasteiger charge is 2.14. The fourth-order valence-electron chi connectivity index (χ4n) is 2.27. The van der Waals surface area contributed by atoms with Gasteiger partial charge in [0.1, 0.15) is 15.6 Å². The van der Waals surface area contributed by atoms with Crippen LogP contribution >= 0.6 is 11.3 Å². The van der Waals surface area contributed by atoms with Crippen LogP contribution in [0.2, 0.25) is 0 Å². The number of thiophene rings is 1. The Bertz CT molecular complexity index is 975. The third-order valence-electron chi connectivity index (χ3n) is 3.57. The number of benzene rings is 2. The van der Waals surface area contributed by atoms with Crippen molar-refractivity contribution in [2.75, 3.05) is 0 Å². The largest absolute Gasteiger partial charge is 0.507 e. The molecule has 7 heteroatoms. The summed E-state index contributed by atoms with van der Waals surface area (Å²) in [4.78, 5) is 12.4. The average molecular weight is 370 g/mol. The van der Waals surface area contributed by atoms with Crippen LogP contribution in [0, 0.1) is 19.7 Å². The van der Waals surface area contributed by atoms with Crippen LogP contribution in [-0.4, -0.2) is 11.1 Å². The lowest BCUT2D eigenvalue weighted by Gasteiger charge is -2.03. The zero-order valence-corrected chi connectivity index (χ0v) is 14.9. The van der Waals surface area contributed by atoms with E-state index in [1.807, 2.05) is 0 Å². The van der Waals surface area contributed by atoms with E-state index in [1.165, 1.54) is 18.2 Å². The van der Waals surface area contributed by atoms with Gasteiger partial charge in [-0.2, -0.15) is 0 Å². The van der Waals surface area contributed by atoms with Crippen molar-refractivity contribution >= 4 is 28.0 Å². The number of para-hydroxylation sites is 1. The van der Waals surface area contributed by atoms with E-state index < -0.39 is 11.8 Å². The highest BCUT2D eigenvalue weighted by Crippen LogP contribution is 2.31. The van der Waals surface area contributed by atoms with E-state index in [4.69, 9.17) is 4.74 Å². The second-order valence-electron chi connectivity index (χ2n) is 5.59. The summed E-state index contributed by atoms with van der Waals surface area (Å²) >= 11 is 1.09. The Kier molecular flexibility index (Phi) is 5.09. The number of nitrogens with zero attached hydrogens (tertiary/aromatic N) is 2. The van der Waals surface area contributed by atoms with Crippen molar-refractivity contribution < 1.29 is 19.0 Å². The molecular formula is C19H15FN2O3S. The van der Waals surface area contributed by atoms with E-state index in [2.05, 4.69) is 10.2 Å². The molecule has 0 atom stereocenters. The summed E-state index contributed by atoms with van der Waals surface area (Å²) in [5.74, 6) is -1.14. The van der Waals surface area contributed by atoms with Crippen LogP contribution in [0.3, 0.4) is 0 Å². The third kappa shape index (κ3) is 3.94. The molecule has 132 valence electrons. The summed E-state index contributed by atoms with van der Waals surface area (Å²) in [5.41, 5.74) is 2.01. The van der Waals surface area contributed by atoms with Crippen LogP contribution < -0.4 is 4.74 Å². The van der Waals surface area contributed by atoms with Crippen LogP contribution in [0.15, 0.2) is 58.8 Å². The maximum Gasteiger partial charge on any atom is 0.353 e. The number of phenols is 1. The molecule has 0 aliphatic heterocycles. The zero-order chi connectivity index (χ0) is 18.7. The van der Waals surface area contributed by atoms with Crippen LogP contribution in [0.25, 0.3) is 0 Å². The first-order chi connectivity index (χ1) is 12.4. The van der Waals surface area contributed by atoms with Gasteiger partial charge in [0.05, 0.1) is 5.69 Å². The standard InChI is InChI=1S/C19H15FN2O3S/c1-11-9-13(10-12(2)18(11)23)21-22-17-8-7-16(26-17)19(24)25-15-6-4-3-5-14(15)20/h3-10,23H,1-2H3/b22-21+. The minimum Gasteiger partial charge on any atom is -0.507 e. The van der Waals surface area contributed by atoms with Gasteiger partial charge in [0.15, 0.2) is 11.6 Å². The van der Waals surface area contributed by atoms with Crippen LogP contribution in [0.4, 0.5) is 15.1 Å². The lowest BCUT2D eigenvalue weighted by Crippen LogP contribution is -2.07. The Morgan fingerprint density at radius 1 is 1.08 bits per heavy atom. The number of rotatable bonds is 4. The van der Waals surface area contributed by atoms with E-state index in [1.54, 1.807) is 44.2 Å². The number of esters is 1. The van der Waals surface area contributed by atoms with Crippen molar-refractivity contribution in [1.82, 2.24) is 0 Å². The van der Waals surface area contributed by atoms with Gasteiger partial charge in [-0.25, -0.2) is 9.18 Å². The van der Waals surface area contributed by atoms with Crippen molar-refractivity contribution in [2.24, 2.45) is 10.2 Å². The number of carbonyl (C=O) groups is 1. The summed E-state index contributed by atoms with van der Waals surface area (Å²) < 4.78 is 18.6. The number of ether oxygens (including phenoxy) is 1. The van der Waals surface area contributed by atoms with Gasteiger partial charge in [-0.05, 0) is 61.4 Å². The molecule has 0 aliphatic carbocycles. The predicted octanol–water partition coefficient (Wildman–Crippen LogP) is 5.84. The lowest BCUT2D eigenvalue weighted by atomic mass is 10.1. The Labute approximate surface area is 153 Å². The van der Waals surface area contributed by atoms with Gasteiger partial charge < -0.3 is 9.84 Å². The SMILES string of the molecule is Cc1cc(/N=N/c2ccc(C(=O)Oc3ccccc3F)s2)cc(C)c1O. The Morgan fingerprint density at radius 2 is 1.77 bits per heavy atom. The quantitative estimate of drug-likeness (QED) is 0.356. The molecule has 0 saturated heterocycles. The monoisotopic (exact) mass is 370 g/mol. The number of carbonyl (C=O) groups excluding carboxylic acids is 1. The van der Waals surface area contributed by atoms with Gasteiger partial charge in [-0.15, -0.1) is 21.6 Å². The molecular weight excluding hydrogens is 355 g/mol. The normalized spacial score (nSPS) is 11.0. The Hall–Kier alpha value is -3.06. The summed E-state index contributed by atoms with van der Waals surface area (Å²) in [5, 5.41) is 18.5. The molecule has 0 radical (unpaired) electrons. The van der Waals surface area contributed by atoms with Crippen molar-refractivity contribution in [1.29, 1.82) is 0 Å². The molecule has 0 fully saturated rings. The molecule has 5 nitrogen and oxygen atoms in total. The number of aromatic hydroxyl groups is 1. The molecule has 26 heavy (non-hydrogen) atoms. The van der Waals surface area contributed by atoms with E-state index >= 15 is 0 Å².